The average Bonchev–Trinajstić information content (AvgIpc) is 3.16. The van der Waals surface area contributed by atoms with Gasteiger partial charge in [0.25, 0.3) is 0 Å². The minimum absolute atomic E-state index is 0.0455. The van der Waals surface area contributed by atoms with E-state index in [1.807, 2.05) is 0 Å². The van der Waals surface area contributed by atoms with Gasteiger partial charge in [0, 0.05) is 26.2 Å². The number of halogens is 4. The lowest BCUT2D eigenvalue weighted by atomic mass is 10.2. The molecule has 13 heteroatoms. The highest BCUT2D eigenvalue weighted by molar-refractivity contribution is 7.89. The van der Waals surface area contributed by atoms with Crippen molar-refractivity contribution in [1.82, 2.24) is 24.2 Å². The van der Waals surface area contributed by atoms with Gasteiger partial charge in [0.15, 0.2) is 0 Å². The Morgan fingerprint density at radius 1 is 1.06 bits per heavy atom. The van der Waals surface area contributed by atoms with Crippen LogP contribution in [0.5, 0.6) is 0 Å². The summed E-state index contributed by atoms with van der Waals surface area (Å²) < 4.78 is 67.5. The second-order valence-corrected chi connectivity index (χ2v) is 9.51. The molecule has 3 aromatic rings. The second kappa shape index (κ2) is 8.34. The Labute approximate surface area is 186 Å². The SMILES string of the molecule is O=C(Cn1nnc2ccccc21)N1CCN(S(=O)(=O)c2ccc(Cl)c(C(F)(F)F)c2)CC1. The van der Waals surface area contributed by atoms with Crippen LogP contribution in [0.2, 0.25) is 5.02 Å². The predicted octanol–water partition coefficient (Wildman–Crippen LogP) is 2.64. The van der Waals surface area contributed by atoms with Gasteiger partial charge in [-0.3, -0.25) is 4.79 Å². The summed E-state index contributed by atoms with van der Waals surface area (Å²) in [5.41, 5.74) is 0.136. The summed E-state index contributed by atoms with van der Waals surface area (Å²) in [6, 6.07) is 9.66. The Morgan fingerprint density at radius 2 is 1.75 bits per heavy atom. The fourth-order valence-corrected chi connectivity index (χ4v) is 5.14. The standard InChI is InChI=1S/C19H17ClF3N5O3S/c20-15-6-5-13(11-14(15)19(21,22)23)32(30,31)27-9-7-26(8-10-27)18(29)12-28-17-4-2-1-3-16(17)24-25-28/h1-6,11H,7-10,12H2. The zero-order chi connectivity index (χ0) is 23.1. The molecule has 8 nitrogen and oxygen atoms in total. The lowest BCUT2D eigenvalue weighted by Gasteiger charge is -2.34. The topological polar surface area (TPSA) is 88.4 Å². The van der Waals surface area contributed by atoms with Gasteiger partial charge in [-0.15, -0.1) is 5.10 Å². The summed E-state index contributed by atoms with van der Waals surface area (Å²) in [5.74, 6) is -0.261. The van der Waals surface area contributed by atoms with Crippen molar-refractivity contribution in [2.24, 2.45) is 0 Å². The lowest BCUT2D eigenvalue weighted by molar-refractivity contribution is -0.137. The molecule has 1 fully saturated rings. The molecule has 1 amide bonds. The third kappa shape index (κ3) is 4.30. The first-order valence-corrected chi connectivity index (χ1v) is 11.3. The number of fused-ring (bicyclic) bond motifs is 1. The molecule has 0 aliphatic carbocycles. The van der Waals surface area contributed by atoms with Crippen LogP contribution in [0.4, 0.5) is 13.2 Å². The van der Waals surface area contributed by atoms with E-state index in [1.54, 1.807) is 24.3 Å². The molecule has 1 aromatic heterocycles. The molecule has 2 aromatic carbocycles. The Hall–Kier alpha value is -2.70. The van der Waals surface area contributed by atoms with Crippen molar-refractivity contribution >= 4 is 38.6 Å². The zero-order valence-electron chi connectivity index (χ0n) is 16.5. The van der Waals surface area contributed by atoms with Gasteiger partial charge in [-0.25, -0.2) is 13.1 Å². The van der Waals surface area contributed by atoms with E-state index in [4.69, 9.17) is 11.6 Å². The van der Waals surface area contributed by atoms with Crippen molar-refractivity contribution in [3.63, 3.8) is 0 Å². The molecule has 0 atom stereocenters. The monoisotopic (exact) mass is 487 g/mol. The van der Waals surface area contributed by atoms with Crippen LogP contribution in [-0.2, 0) is 27.5 Å². The van der Waals surface area contributed by atoms with E-state index in [0.717, 1.165) is 16.4 Å². The number of sulfonamides is 1. The average molecular weight is 488 g/mol. The molecule has 4 rings (SSSR count). The van der Waals surface area contributed by atoms with Gasteiger partial charge >= 0.3 is 6.18 Å². The molecular formula is C19H17ClF3N5O3S. The maximum Gasteiger partial charge on any atom is 0.417 e. The number of hydrogen-bond acceptors (Lipinski definition) is 5. The van der Waals surface area contributed by atoms with Crippen LogP contribution in [0.3, 0.4) is 0 Å². The summed E-state index contributed by atoms with van der Waals surface area (Å²) >= 11 is 5.58. The Balaban J connectivity index is 1.44. The van der Waals surface area contributed by atoms with Crippen LogP contribution in [0.25, 0.3) is 11.0 Å². The second-order valence-electron chi connectivity index (χ2n) is 7.16. The van der Waals surface area contributed by atoms with Crippen LogP contribution >= 0.6 is 11.6 Å². The van der Waals surface area contributed by atoms with Crippen molar-refractivity contribution < 1.29 is 26.4 Å². The molecular weight excluding hydrogens is 471 g/mol. The van der Waals surface area contributed by atoms with Crippen LogP contribution in [0.1, 0.15) is 5.56 Å². The summed E-state index contributed by atoms with van der Waals surface area (Å²) in [6.45, 7) is 0.0561. The molecule has 1 aliphatic heterocycles. The maximum atomic E-state index is 13.1. The van der Waals surface area contributed by atoms with Crippen molar-refractivity contribution in [1.29, 1.82) is 0 Å². The van der Waals surface area contributed by atoms with Crippen molar-refractivity contribution in [2.75, 3.05) is 26.2 Å². The number of carbonyl (C=O) groups excluding carboxylic acids is 1. The van der Waals surface area contributed by atoms with Gasteiger partial charge < -0.3 is 4.90 Å². The van der Waals surface area contributed by atoms with E-state index in [-0.39, 0.29) is 38.6 Å². The fraction of sp³-hybridized carbons (Fsp3) is 0.316. The third-order valence-corrected chi connectivity index (χ3v) is 7.40. The quantitative estimate of drug-likeness (QED) is 0.564. The first-order chi connectivity index (χ1) is 15.1. The highest BCUT2D eigenvalue weighted by Gasteiger charge is 2.36. The molecule has 0 radical (unpaired) electrons. The first kappa shape index (κ1) is 22.5. The van der Waals surface area contributed by atoms with E-state index in [1.165, 1.54) is 9.58 Å². The van der Waals surface area contributed by atoms with Crippen LogP contribution in [0, 0.1) is 0 Å². The molecule has 0 unspecified atom stereocenters. The molecule has 0 saturated carbocycles. The Kier molecular flexibility index (Phi) is 5.86. The van der Waals surface area contributed by atoms with Gasteiger partial charge in [-0.2, -0.15) is 17.5 Å². The molecule has 32 heavy (non-hydrogen) atoms. The molecule has 0 spiro atoms. The van der Waals surface area contributed by atoms with Crippen molar-refractivity contribution in [3.8, 4) is 0 Å². The fourth-order valence-electron chi connectivity index (χ4n) is 3.47. The number of hydrogen-bond donors (Lipinski definition) is 0. The molecule has 0 bridgehead atoms. The smallest absolute Gasteiger partial charge is 0.338 e. The van der Waals surface area contributed by atoms with E-state index in [2.05, 4.69) is 10.3 Å². The predicted molar refractivity (Wildman–Crippen MR) is 109 cm³/mol. The lowest BCUT2D eigenvalue weighted by Crippen LogP contribution is -2.51. The van der Waals surface area contributed by atoms with Crippen LogP contribution < -0.4 is 0 Å². The number of piperazine rings is 1. The summed E-state index contributed by atoms with van der Waals surface area (Å²) in [5, 5.41) is 7.38. The molecule has 170 valence electrons. The maximum absolute atomic E-state index is 13.1. The molecule has 1 aliphatic rings. The third-order valence-electron chi connectivity index (χ3n) is 5.18. The van der Waals surface area contributed by atoms with Gasteiger partial charge in [-0.1, -0.05) is 28.9 Å². The Bertz CT molecular complexity index is 1270. The summed E-state index contributed by atoms with van der Waals surface area (Å²) in [6.07, 6.45) is -4.78. The van der Waals surface area contributed by atoms with E-state index < -0.39 is 31.7 Å². The van der Waals surface area contributed by atoms with E-state index in [9.17, 15) is 26.4 Å². The minimum atomic E-state index is -4.78. The molecule has 1 saturated heterocycles. The number of aromatic nitrogens is 3. The summed E-state index contributed by atoms with van der Waals surface area (Å²) in [7, 11) is -4.18. The van der Waals surface area contributed by atoms with Gasteiger partial charge in [0.05, 0.1) is 21.0 Å². The van der Waals surface area contributed by atoms with E-state index >= 15 is 0 Å². The normalized spacial score (nSPS) is 15.9. The van der Waals surface area contributed by atoms with Gasteiger partial charge in [0.2, 0.25) is 15.9 Å². The van der Waals surface area contributed by atoms with Gasteiger partial charge in [0.1, 0.15) is 12.1 Å². The molecule has 0 N–H and O–H groups in total. The zero-order valence-corrected chi connectivity index (χ0v) is 18.0. The number of amides is 1. The molecule has 2 heterocycles. The number of para-hydroxylation sites is 1. The first-order valence-electron chi connectivity index (χ1n) is 9.50. The number of rotatable bonds is 4. The van der Waals surface area contributed by atoms with Crippen LogP contribution in [-0.4, -0.2) is 64.7 Å². The van der Waals surface area contributed by atoms with Crippen molar-refractivity contribution in [2.45, 2.75) is 17.6 Å². The summed E-state index contributed by atoms with van der Waals surface area (Å²) in [4.78, 5) is 13.7. The largest absolute Gasteiger partial charge is 0.417 e. The number of nitrogens with zero attached hydrogens (tertiary/aromatic N) is 5. The van der Waals surface area contributed by atoms with Crippen molar-refractivity contribution in [3.05, 3.63) is 53.1 Å². The Morgan fingerprint density at radius 3 is 2.44 bits per heavy atom. The number of carbonyl (C=O) groups is 1. The van der Waals surface area contributed by atoms with Crippen LogP contribution in [0.15, 0.2) is 47.4 Å². The highest BCUT2D eigenvalue weighted by Crippen LogP contribution is 2.36. The number of alkyl halides is 3. The minimum Gasteiger partial charge on any atom is -0.338 e. The number of benzene rings is 2. The van der Waals surface area contributed by atoms with E-state index in [0.29, 0.717) is 17.1 Å². The highest BCUT2D eigenvalue weighted by atomic mass is 35.5. The van der Waals surface area contributed by atoms with Gasteiger partial charge in [-0.05, 0) is 30.3 Å².